The molecule has 10 rings (SSSR count). The largest absolute Gasteiger partial charge is 0.456 e. The lowest BCUT2D eigenvalue weighted by molar-refractivity contribution is 0.668. The highest BCUT2D eigenvalue weighted by Crippen LogP contribution is 2.45. The summed E-state index contributed by atoms with van der Waals surface area (Å²) in [5.74, 6) is 0. The van der Waals surface area contributed by atoms with Gasteiger partial charge in [0.15, 0.2) is 0 Å². The molecule has 10 aromatic rings. The first-order valence-electron chi connectivity index (χ1n) is 13.4. The molecule has 3 nitrogen and oxygen atoms in total. The third kappa shape index (κ3) is 2.31. The molecule has 0 N–H and O–H groups in total. The topological polar surface area (TPSA) is 22.5 Å². The van der Waals surface area contributed by atoms with Crippen LogP contribution >= 0.6 is 0 Å². The molecule has 3 heteroatoms. The van der Waals surface area contributed by atoms with Crippen LogP contribution in [0.2, 0.25) is 0 Å². The van der Waals surface area contributed by atoms with E-state index < -0.39 is 0 Å². The van der Waals surface area contributed by atoms with Crippen LogP contribution in [0.1, 0.15) is 0 Å². The highest BCUT2D eigenvalue weighted by Gasteiger charge is 2.22. The van der Waals surface area contributed by atoms with E-state index in [1.165, 1.54) is 59.9 Å². The van der Waals surface area contributed by atoms with Crippen molar-refractivity contribution in [2.75, 3.05) is 0 Å². The lowest BCUT2D eigenvalue weighted by Crippen LogP contribution is -1.93. The van der Waals surface area contributed by atoms with Crippen LogP contribution in [0.5, 0.6) is 0 Å². The maximum atomic E-state index is 6.28. The maximum absolute atomic E-state index is 6.28. The predicted octanol–water partition coefficient (Wildman–Crippen LogP) is 9.83. The van der Waals surface area contributed by atoms with Crippen LogP contribution in [-0.4, -0.2) is 8.97 Å². The summed E-state index contributed by atoms with van der Waals surface area (Å²) in [5.41, 5.74) is 9.17. The fourth-order valence-electron chi connectivity index (χ4n) is 7.11. The Balaban J connectivity index is 1.39. The number of benzene rings is 6. The van der Waals surface area contributed by atoms with Crippen molar-refractivity contribution < 1.29 is 4.42 Å². The highest BCUT2D eigenvalue weighted by molar-refractivity contribution is 6.32. The fourth-order valence-corrected chi connectivity index (χ4v) is 7.11. The Morgan fingerprint density at radius 1 is 0.410 bits per heavy atom. The molecule has 0 amide bonds. The van der Waals surface area contributed by atoms with E-state index in [9.17, 15) is 0 Å². The fraction of sp³-hybridized carbons (Fsp3) is 0. The number of hydrogen-bond donors (Lipinski definition) is 0. The summed E-state index contributed by atoms with van der Waals surface area (Å²) in [6, 6.07) is 43.8. The molecule has 0 aliphatic rings. The average molecular weight is 497 g/mol. The molecule has 4 aromatic heterocycles. The van der Waals surface area contributed by atoms with Gasteiger partial charge in [0.1, 0.15) is 11.2 Å². The third-order valence-corrected chi connectivity index (χ3v) is 8.64. The number of para-hydroxylation sites is 4. The van der Waals surface area contributed by atoms with Gasteiger partial charge in [-0.3, -0.25) is 0 Å². The number of aromatic nitrogens is 2. The molecular formula is C36H20N2O. The molecule has 180 valence electrons. The predicted molar refractivity (Wildman–Crippen MR) is 163 cm³/mol. The van der Waals surface area contributed by atoms with Crippen molar-refractivity contribution in [1.82, 2.24) is 8.97 Å². The first-order chi connectivity index (χ1) is 19.4. The van der Waals surface area contributed by atoms with Gasteiger partial charge in [0, 0.05) is 54.8 Å². The summed E-state index contributed by atoms with van der Waals surface area (Å²) in [6.45, 7) is 0. The first-order valence-corrected chi connectivity index (χ1v) is 13.4. The minimum Gasteiger partial charge on any atom is -0.456 e. The summed E-state index contributed by atoms with van der Waals surface area (Å²) < 4.78 is 11.1. The molecule has 39 heavy (non-hydrogen) atoms. The Hall–Kier alpha value is -5.28. The second-order valence-electron chi connectivity index (χ2n) is 10.5. The van der Waals surface area contributed by atoms with E-state index in [0.29, 0.717) is 0 Å². The van der Waals surface area contributed by atoms with Crippen LogP contribution in [0.3, 0.4) is 0 Å². The monoisotopic (exact) mass is 496 g/mol. The zero-order chi connectivity index (χ0) is 25.2. The molecule has 0 radical (unpaired) electrons. The third-order valence-electron chi connectivity index (χ3n) is 8.64. The van der Waals surface area contributed by atoms with E-state index in [2.05, 4.69) is 118 Å². The molecule has 4 heterocycles. The summed E-state index contributed by atoms with van der Waals surface area (Å²) in [7, 11) is 0. The number of hydrogen-bond acceptors (Lipinski definition) is 1. The van der Waals surface area contributed by atoms with Gasteiger partial charge in [-0.25, -0.2) is 0 Å². The molecule has 6 aromatic carbocycles. The first kappa shape index (κ1) is 19.8. The Labute approximate surface area is 222 Å². The van der Waals surface area contributed by atoms with Crippen LogP contribution in [0.4, 0.5) is 0 Å². The van der Waals surface area contributed by atoms with Gasteiger partial charge in [0.2, 0.25) is 0 Å². The van der Waals surface area contributed by atoms with Crippen LogP contribution < -0.4 is 0 Å². The Kier molecular flexibility index (Phi) is 3.44. The summed E-state index contributed by atoms with van der Waals surface area (Å²) in [5, 5.41) is 10.1. The van der Waals surface area contributed by atoms with Crippen LogP contribution in [0, 0.1) is 0 Å². The summed E-state index contributed by atoms with van der Waals surface area (Å²) >= 11 is 0. The lowest BCUT2D eigenvalue weighted by Gasteiger charge is -2.08. The molecular weight excluding hydrogens is 476 g/mol. The lowest BCUT2D eigenvalue weighted by atomic mass is 10.0. The zero-order valence-electron chi connectivity index (χ0n) is 20.8. The number of furan rings is 1. The average Bonchev–Trinajstić information content (AvgIpc) is 3.71. The number of fused-ring (bicyclic) bond motifs is 13. The van der Waals surface area contributed by atoms with Gasteiger partial charge in [0.25, 0.3) is 0 Å². The molecule has 0 unspecified atom stereocenters. The summed E-state index contributed by atoms with van der Waals surface area (Å²) in [4.78, 5) is 0. The molecule has 0 saturated carbocycles. The normalized spacial score (nSPS) is 12.6. The van der Waals surface area contributed by atoms with Gasteiger partial charge in [-0.15, -0.1) is 0 Å². The van der Waals surface area contributed by atoms with E-state index in [0.717, 1.165) is 27.6 Å². The molecule has 0 aliphatic carbocycles. The van der Waals surface area contributed by atoms with Crippen molar-refractivity contribution in [2.24, 2.45) is 0 Å². The van der Waals surface area contributed by atoms with Gasteiger partial charge < -0.3 is 13.4 Å². The minimum atomic E-state index is 0.910. The Morgan fingerprint density at radius 3 is 2.00 bits per heavy atom. The smallest absolute Gasteiger partial charge is 0.137 e. The SMILES string of the molecule is c1ccc2c(c1)oc1cc(-n3c4ccccc4c4c5c6cccc7c8ccccc8n(c5ccc43)c76)ccc12. The Bertz CT molecular complexity index is 2610. The van der Waals surface area contributed by atoms with Gasteiger partial charge in [-0.2, -0.15) is 0 Å². The second-order valence-corrected chi connectivity index (χ2v) is 10.5. The van der Waals surface area contributed by atoms with Gasteiger partial charge in [0.05, 0.1) is 27.6 Å². The van der Waals surface area contributed by atoms with Gasteiger partial charge in [-0.05, 0) is 42.5 Å². The standard InChI is InChI=1S/C36H20N2O/c1-4-13-28-22(8-1)25-11-7-12-27-35-31(38(28)36(25)27)19-18-30-34(35)26-10-2-5-14-29(26)37(30)21-16-17-24-23-9-3-6-15-32(23)39-33(24)20-21/h1-20H. The molecule has 0 fully saturated rings. The minimum absolute atomic E-state index is 0.910. The molecule has 0 bridgehead atoms. The van der Waals surface area contributed by atoms with E-state index in [4.69, 9.17) is 4.42 Å². The van der Waals surface area contributed by atoms with Crippen LogP contribution in [0.15, 0.2) is 126 Å². The highest BCUT2D eigenvalue weighted by atomic mass is 16.3. The molecule has 0 saturated heterocycles. The van der Waals surface area contributed by atoms with Gasteiger partial charge in [-0.1, -0.05) is 72.8 Å². The Morgan fingerprint density at radius 2 is 1.08 bits per heavy atom. The van der Waals surface area contributed by atoms with E-state index in [1.807, 2.05) is 12.1 Å². The van der Waals surface area contributed by atoms with Crippen molar-refractivity contribution in [2.45, 2.75) is 0 Å². The van der Waals surface area contributed by atoms with E-state index in [1.54, 1.807) is 0 Å². The van der Waals surface area contributed by atoms with Crippen molar-refractivity contribution in [3.63, 3.8) is 0 Å². The van der Waals surface area contributed by atoms with Crippen molar-refractivity contribution >= 4 is 81.8 Å². The number of nitrogens with zero attached hydrogens (tertiary/aromatic N) is 2. The van der Waals surface area contributed by atoms with Crippen molar-refractivity contribution in [3.8, 4) is 5.69 Å². The number of rotatable bonds is 1. The zero-order valence-corrected chi connectivity index (χ0v) is 20.8. The second kappa shape index (κ2) is 6.77. The maximum Gasteiger partial charge on any atom is 0.137 e. The van der Waals surface area contributed by atoms with Crippen molar-refractivity contribution in [1.29, 1.82) is 0 Å². The van der Waals surface area contributed by atoms with Gasteiger partial charge >= 0.3 is 0 Å². The van der Waals surface area contributed by atoms with E-state index in [-0.39, 0.29) is 0 Å². The van der Waals surface area contributed by atoms with Crippen molar-refractivity contribution in [3.05, 3.63) is 121 Å². The molecule has 0 aliphatic heterocycles. The molecule has 0 atom stereocenters. The quantitative estimate of drug-likeness (QED) is 0.222. The van der Waals surface area contributed by atoms with Crippen LogP contribution in [0.25, 0.3) is 87.5 Å². The summed E-state index contributed by atoms with van der Waals surface area (Å²) in [6.07, 6.45) is 0. The van der Waals surface area contributed by atoms with E-state index >= 15 is 0 Å². The molecule has 0 spiro atoms. The van der Waals surface area contributed by atoms with Crippen LogP contribution in [-0.2, 0) is 0 Å².